The molecule has 0 saturated carbocycles. The van der Waals surface area contributed by atoms with Crippen molar-refractivity contribution in [1.29, 1.82) is 0 Å². The van der Waals surface area contributed by atoms with Gasteiger partial charge in [-0.15, -0.1) is 0 Å². The number of nitrogens with zero attached hydrogens (tertiary/aromatic N) is 5. The number of carbonyl (C=O) groups is 1. The summed E-state index contributed by atoms with van der Waals surface area (Å²) in [7, 11) is 0. The van der Waals surface area contributed by atoms with Gasteiger partial charge in [0.05, 0.1) is 29.6 Å². The van der Waals surface area contributed by atoms with Crippen molar-refractivity contribution in [2.75, 3.05) is 26.3 Å². The molecule has 2 fully saturated rings. The lowest BCUT2D eigenvalue weighted by atomic mass is 9.90. The molecular formula is C25H28F3N5O4. The van der Waals surface area contributed by atoms with Crippen molar-refractivity contribution in [1.82, 2.24) is 24.2 Å². The zero-order valence-electron chi connectivity index (χ0n) is 20.2. The summed E-state index contributed by atoms with van der Waals surface area (Å²) in [5.41, 5.74) is -1.81. The lowest BCUT2D eigenvalue weighted by Crippen LogP contribution is -2.50. The fraction of sp³-hybridized carbons (Fsp3) is 0.520. The summed E-state index contributed by atoms with van der Waals surface area (Å²) in [5, 5.41) is 15.5. The first-order chi connectivity index (χ1) is 17.6. The highest BCUT2D eigenvalue weighted by molar-refractivity contribution is 5.76. The first-order valence-corrected chi connectivity index (χ1v) is 12.3. The molecule has 1 N–H and O–H groups in total. The third-order valence-corrected chi connectivity index (χ3v) is 7.31. The Balaban J connectivity index is 1.26. The predicted octanol–water partition coefficient (Wildman–Crippen LogP) is 2.77. The molecule has 3 aromatic rings. The number of carbonyl (C=O) groups excluding carboxylic acids is 1. The Kier molecular flexibility index (Phi) is 6.80. The quantitative estimate of drug-likeness (QED) is 0.556. The van der Waals surface area contributed by atoms with E-state index in [0.29, 0.717) is 57.2 Å². The van der Waals surface area contributed by atoms with E-state index in [4.69, 9.17) is 4.74 Å². The topological polar surface area (TPSA) is 102 Å². The molecule has 12 heteroatoms. The van der Waals surface area contributed by atoms with Gasteiger partial charge in [-0.25, -0.2) is 9.67 Å². The van der Waals surface area contributed by atoms with E-state index in [-0.39, 0.29) is 23.5 Å². The van der Waals surface area contributed by atoms with Crippen LogP contribution in [0.5, 0.6) is 0 Å². The SMILES string of the molecule is O=C(CC1CCOCC1)N1CCC(O)(Cn2cnc3c(cnn3-c3ccc(C(F)(F)F)cc3)c2=O)CC1. The highest BCUT2D eigenvalue weighted by Crippen LogP contribution is 2.30. The summed E-state index contributed by atoms with van der Waals surface area (Å²) in [6.07, 6.45) is 1.11. The van der Waals surface area contributed by atoms with Crippen LogP contribution in [-0.2, 0) is 22.3 Å². The van der Waals surface area contributed by atoms with Crippen LogP contribution in [0.2, 0.25) is 0 Å². The maximum Gasteiger partial charge on any atom is 0.416 e. The molecule has 2 aromatic heterocycles. The van der Waals surface area contributed by atoms with Crippen LogP contribution in [0.25, 0.3) is 16.7 Å². The van der Waals surface area contributed by atoms with Crippen molar-refractivity contribution >= 4 is 16.9 Å². The molecule has 1 amide bonds. The standard InChI is InChI=1S/C25H28F3N5O4/c26-25(27,28)18-1-3-19(4-2-18)33-22-20(14-30-33)23(35)32(16-29-22)15-24(36)7-9-31(10-8-24)21(34)13-17-5-11-37-12-6-17/h1-4,14,16-17,36H,5-13,15H2. The van der Waals surface area contributed by atoms with E-state index in [2.05, 4.69) is 10.1 Å². The smallest absolute Gasteiger partial charge is 0.388 e. The Morgan fingerprint density at radius 3 is 2.46 bits per heavy atom. The Morgan fingerprint density at radius 2 is 1.81 bits per heavy atom. The fourth-order valence-electron chi connectivity index (χ4n) is 5.02. The zero-order valence-corrected chi connectivity index (χ0v) is 20.2. The summed E-state index contributed by atoms with van der Waals surface area (Å²) >= 11 is 0. The minimum absolute atomic E-state index is 0.0161. The van der Waals surface area contributed by atoms with Crippen LogP contribution in [0.3, 0.4) is 0 Å². The van der Waals surface area contributed by atoms with E-state index in [9.17, 15) is 27.9 Å². The number of amides is 1. The maximum atomic E-state index is 13.1. The van der Waals surface area contributed by atoms with Crippen LogP contribution in [-0.4, -0.2) is 67.1 Å². The van der Waals surface area contributed by atoms with Gasteiger partial charge in [-0.3, -0.25) is 14.2 Å². The number of ether oxygens (including phenoxy) is 1. The molecule has 37 heavy (non-hydrogen) atoms. The molecular weight excluding hydrogens is 491 g/mol. The van der Waals surface area contributed by atoms with E-state index in [1.165, 1.54) is 33.9 Å². The summed E-state index contributed by atoms with van der Waals surface area (Å²) in [4.78, 5) is 31.9. The molecule has 2 aliphatic rings. The maximum absolute atomic E-state index is 13.1. The molecule has 198 valence electrons. The summed E-state index contributed by atoms with van der Waals surface area (Å²) in [6, 6.07) is 4.42. The minimum Gasteiger partial charge on any atom is -0.388 e. The van der Waals surface area contributed by atoms with Crippen LogP contribution in [0.1, 0.15) is 37.7 Å². The van der Waals surface area contributed by atoms with Gasteiger partial charge >= 0.3 is 6.18 Å². The van der Waals surface area contributed by atoms with Gasteiger partial charge in [0.15, 0.2) is 5.65 Å². The normalized spacial score (nSPS) is 18.9. The summed E-state index contributed by atoms with van der Waals surface area (Å²) < 4.78 is 46.6. The Bertz CT molecular complexity index is 1320. The Hall–Kier alpha value is -3.25. The third-order valence-electron chi connectivity index (χ3n) is 7.31. The molecule has 5 rings (SSSR count). The van der Waals surface area contributed by atoms with Crippen LogP contribution in [0.4, 0.5) is 13.2 Å². The van der Waals surface area contributed by atoms with E-state index in [1.54, 1.807) is 4.90 Å². The van der Waals surface area contributed by atoms with E-state index in [0.717, 1.165) is 25.0 Å². The molecule has 4 heterocycles. The molecule has 0 bridgehead atoms. The van der Waals surface area contributed by atoms with E-state index in [1.807, 2.05) is 0 Å². The van der Waals surface area contributed by atoms with Crippen molar-refractivity contribution in [3.8, 4) is 5.69 Å². The molecule has 1 aromatic carbocycles. The number of likely N-dealkylation sites (tertiary alicyclic amines) is 1. The largest absolute Gasteiger partial charge is 0.416 e. The second-order valence-electron chi connectivity index (χ2n) is 9.88. The Morgan fingerprint density at radius 1 is 1.14 bits per heavy atom. The van der Waals surface area contributed by atoms with Crippen molar-refractivity contribution in [3.05, 3.63) is 52.7 Å². The first-order valence-electron chi connectivity index (χ1n) is 12.3. The number of halogens is 3. The summed E-state index contributed by atoms with van der Waals surface area (Å²) in [5.74, 6) is 0.423. The van der Waals surface area contributed by atoms with Crippen molar-refractivity contribution in [3.63, 3.8) is 0 Å². The number of alkyl halides is 3. The number of aromatic nitrogens is 4. The second kappa shape index (κ2) is 9.90. The average Bonchev–Trinajstić information content (AvgIpc) is 3.31. The van der Waals surface area contributed by atoms with Crippen LogP contribution in [0.15, 0.2) is 41.6 Å². The summed E-state index contributed by atoms with van der Waals surface area (Å²) in [6.45, 7) is 2.22. The van der Waals surface area contributed by atoms with Gasteiger partial charge in [-0.1, -0.05) is 0 Å². The first kappa shape index (κ1) is 25.4. The van der Waals surface area contributed by atoms with Crippen molar-refractivity contribution in [2.24, 2.45) is 5.92 Å². The monoisotopic (exact) mass is 519 g/mol. The van der Waals surface area contributed by atoms with Gasteiger partial charge in [0.25, 0.3) is 5.56 Å². The molecule has 0 unspecified atom stereocenters. The van der Waals surface area contributed by atoms with Gasteiger partial charge in [0.1, 0.15) is 11.7 Å². The highest BCUT2D eigenvalue weighted by Gasteiger charge is 2.35. The fourth-order valence-corrected chi connectivity index (χ4v) is 5.02. The second-order valence-corrected chi connectivity index (χ2v) is 9.88. The van der Waals surface area contributed by atoms with Gasteiger partial charge in [-0.2, -0.15) is 18.3 Å². The van der Waals surface area contributed by atoms with Crippen molar-refractivity contribution in [2.45, 2.75) is 50.4 Å². The average molecular weight is 520 g/mol. The lowest BCUT2D eigenvalue weighted by molar-refractivity contribution is -0.138. The predicted molar refractivity (Wildman–Crippen MR) is 127 cm³/mol. The Labute approximate surface area is 210 Å². The third kappa shape index (κ3) is 5.40. The van der Waals surface area contributed by atoms with Gasteiger partial charge in [0, 0.05) is 32.7 Å². The molecule has 0 spiro atoms. The number of hydrogen-bond acceptors (Lipinski definition) is 6. The zero-order chi connectivity index (χ0) is 26.2. The van der Waals surface area contributed by atoms with Gasteiger partial charge in [-0.05, 0) is 55.9 Å². The minimum atomic E-state index is -4.45. The van der Waals surface area contributed by atoms with Crippen LogP contribution >= 0.6 is 0 Å². The highest BCUT2D eigenvalue weighted by atomic mass is 19.4. The molecule has 0 atom stereocenters. The number of fused-ring (bicyclic) bond motifs is 1. The van der Waals surface area contributed by atoms with E-state index >= 15 is 0 Å². The van der Waals surface area contributed by atoms with Crippen LogP contribution < -0.4 is 5.56 Å². The number of hydrogen-bond donors (Lipinski definition) is 1. The van der Waals surface area contributed by atoms with Crippen LogP contribution in [0, 0.1) is 5.92 Å². The van der Waals surface area contributed by atoms with E-state index < -0.39 is 22.9 Å². The number of rotatable bonds is 5. The molecule has 2 aliphatic heterocycles. The molecule has 9 nitrogen and oxygen atoms in total. The molecule has 2 saturated heterocycles. The van der Waals surface area contributed by atoms with Crippen molar-refractivity contribution < 1.29 is 27.8 Å². The van der Waals surface area contributed by atoms with Gasteiger partial charge < -0.3 is 14.7 Å². The number of piperidine rings is 1. The molecule has 0 aliphatic carbocycles. The van der Waals surface area contributed by atoms with Gasteiger partial charge in [0.2, 0.25) is 5.91 Å². The lowest BCUT2D eigenvalue weighted by Gasteiger charge is -2.39. The number of benzene rings is 1. The number of aliphatic hydroxyl groups is 1. The molecule has 0 radical (unpaired) electrons.